The molecule has 0 bridgehead atoms. The number of hydrogen-bond donors (Lipinski definition) is 1. The standard InChI is InChI=1S/C9H15N3O2/c1-6-9(10)12-7(5-11-6)4-8(13-2)14-3/h5,8H,4H2,1-3H3,(H2,10,12). The molecule has 0 unspecified atom stereocenters. The maximum atomic E-state index is 5.62. The van der Waals surface area contributed by atoms with Crippen LogP contribution >= 0.6 is 0 Å². The van der Waals surface area contributed by atoms with Gasteiger partial charge in [0.2, 0.25) is 0 Å². The van der Waals surface area contributed by atoms with Gasteiger partial charge in [-0.05, 0) is 6.92 Å². The summed E-state index contributed by atoms with van der Waals surface area (Å²) in [5.41, 5.74) is 7.13. The highest BCUT2D eigenvalue weighted by Gasteiger charge is 2.08. The molecule has 1 aromatic heterocycles. The molecule has 5 heteroatoms. The van der Waals surface area contributed by atoms with Gasteiger partial charge in [-0.3, -0.25) is 4.98 Å². The summed E-state index contributed by atoms with van der Waals surface area (Å²) in [6, 6.07) is 0. The molecule has 1 heterocycles. The van der Waals surface area contributed by atoms with E-state index in [1.54, 1.807) is 20.4 Å². The van der Waals surface area contributed by atoms with Gasteiger partial charge < -0.3 is 15.2 Å². The molecule has 14 heavy (non-hydrogen) atoms. The highest BCUT2D eigenvalue weighted by atomic mass is 16.7. The summed E-state index contributed by atoms with van der Waals surface area (Å²) in [7, 11) is 3.16. The number of anilines is 1. The summed E-state index contributed by atoms with van der Waals surface area (Å²) in [4.78, 5) is 8.27. The first-order chi connectivity index (χ1) is 6.67. The van der Waals surface area contributed by atoms with Gasteiger partial charge in [0.05, 0.1) is 11.4 Å². The van der Waals surface area contributed by atoms with E-state index in [1.165, 1.54) is 0 Å². The Morgan fingerprint density at radius 2 is 2.07 bits per heavy atom. The molecule has 0 aromatic carbocycles. The fraction of sp³-hybridized carbons (Fsp3) is 0.556. The predicted octanol–water partition coefficient (Wildman–Crippen LogP) is 0.529. The minimum Gasteiger partial charge on any atom is -0.382 e. The van der Waals surface area contributed by atoms with Gasteiger partial charge in [0.1, 0.15) is 5.82 Å². The van der Waals surface area contributed by atoms with E-state index in [0.717, 1.165) is 11.4 Å². The zero-order chi connectivity index (χ0) is 10.6. The number of aryl methyl sites for hydroxylation is 1. The molecule has 5 nitrogen and oxygen atoms in total. The zero-order valence-corrected chi connectivity index (χ0v) is 8.65. The van der Waals surface area contributed by atoms with Crippen LogP contribution in [0.25, 0.3) is 0 Å². The fourth-order valence-electron chi connectivity index (χ4n) is 1.03. The summed E-state index contributed by atoms with van der Waals surface area (Å²) in [5, 5.41) is 0. The van der Waals surface area contributed by atoms with Crippen molar-refractivity contribution in [3.63, 3.8) is 0 Å². The number of nitrogen functional groups attached to an aromatic ring is 1. The maximum Gasteiger partial charge on any atom is 0.162 e. The first kappa shape index (κ1) is 10.9. The summed E-state index contributed by atoms with van der Waals surface area (Å²) in [5.74, 6) is 0.452. The van der Waals surface area contributed by atoms with Gasteiger partial charge in [-0.2, -0.15) is 0 Å². The van der Waals surface area contributed by atoms with E-state index < -0.39 is 0 Å². The topological polar surface area (TPSA) is 70.3 Å². The number of nitrogens with two attached hydrogens (primary N) is 1. The van der Waals surface area contributed by atoms with Crippen LogP contribution in [0.1, 0.15) is 11.4 Å². The predicted molar refractivity (Wildman–Crippen MR) is 52.7 cm³/mol. The van der Waals surface area contributed by atoms with E-state index in [9.17, 15) is 0 Å². The lowest BCUT2D eigenvalue weighted by Crippen LogP contribution is -2.17. The van der Waals surface area contributed by atoms with Crippen LogP contribution in [0.3, 0.4) is 0 Å². The molecule has 1 rings (SSSR count). The molecular formula is C9H15N3O2. The van der Waals surface area contributed by atoms with Crippen molar-refractivity contribution in [1.29, 1.82) is 0 Å². The van der Waals surface area contributed by atoms with Crippen molar-refractivity contribution in [3.05, 3.63) is 17.6 Å². The third-order valence-electron chi connectivity index (χ3n) is 1.94. The molecule has 2 N–H and O–H groups in total. The minimum atomic E-state index is -0.300. The van der Waals surface area contributed by atoms with Crippen molar-refractivity contribution in [1.82, 2.24) is 9.97 Å². The van der Waals surface area contributed by atoms with E-state index in [2.05, 4.69) is 9.97 Å². The highest BCUT2D eigenvalue weighted by Crippen LogP contribution is 2.07. The van der Waals surface area contributed by atoms with E-state index >= 15 is 0 Å². The fourth-order valence-corrected chi connectivity index (χ4v) is 1.03. The lowest BCUT2D eigenvalue weighted by molar-refractivity contribution is -0.101. The minimum absolute atomic E-state index is 0.300. The van der Waals surface area contributed by atoms with Gasteiger partial charge in [0, 0.05) is 26.8 Å². The number of rotatable bonds is 4. The molecule has 0 saturated heterocycles. The second-order valence-corrected chi connectivity index (χ2v) is 2.94. The Morgan fingerprint density at radius 1 is 1.43 bits per heavy atom. The Balaban J connectivity index is 2.72. The van der Waals surface area contributed by atoms with Gasteiger partial charge in [0.25, 0.3) is 0 Å². The molecule has 0 aliphatic heterocycles. The van der Waals surface area contributed by atoms with Gasteiger partial charge in [-0.1, -0.05) is 0 Å². The van der Waals surface area contributed by atoms with Crippen LogP contribution in [0.4, 0.5) is 5.82 Å². The van der Waals surface area contributed by atoms with Crippen LogP contribution in [0, 0.1) is 6.92 Å². The van der Waals surface area contributed by atoms with E-state index in [1.807, 2.05) is 6.92 Å². The SMILES string of the molecule is COC(Cc1cnc(C)c(N)n1)OC. The molecule has 0 spiro atoms. The molecule has 0 aliphatic carbocycles. The van der Waals surface area contributed by atoms with Crippen LogP contribution < -0.4 is 5.73 Å². The van der Waals surface area contributed by atoms with Gasteiger partial charge in [0.15, 0.2) is 6.29 Å². The average Bonchev–Trinajstić information content (AvgIpc) is 2.19. The Labute approximate surface area is 83.3 Å². The second-order valence-electron chi connectivity index (χ2n) is 2.94. The van der Waals surface area contributed by atoms with Gasteiger partial charge in [-0.15, -0.1) is 0 Å². The third-order valence-corrected chi connectivity index (χ3v) is 1.94. The lowest BCUT2D eigenvalue weighted by Gasteiger charge is -2.12. The Bertz CT molecular complexity index is 300. The van der Waals surface area contributed by atoms with Crippen LogP contribution in [0.15, 0.2) is 6.20 Å². The van der Waals surface area contributed by atoms with Crippen LogP contribution in [0.2, 0.25) is 0 Å². The van der Waals surface area contributed by atoms with Crippen molar-refractivity contribution in [2.45, 2.75) is 19.6 Å². The quantitative estimate of drug-likeness (QED) is 0.713. The molecule has 1 aromatic rings. The van der Waals surface area contributed by atoms with Crippen LogP contribution in [-0.4, -0.2) is 30.5 Å². The molecule has 0 amide bonds. The van der Waals surface area contributed by atoms with Crippen LogP contribution in [0.5, 0.6) is 0 Å². The average molecular weight is 197 g/mol. The molecule has 78 valence electrons. The zero-order valence-electron chi connectivity index (χ0n) is 8.65. The second kappa shape index (κ2) is 4.88. The Morgan fingerprint density at radius 3 is 2.57 bits per heavy atom. The molecule has 0 saturated carbocycles. The van der Waals surface area contributed by atoms with Crippen molar-refractivity contribution in [3.8, 4) is 0 Å². The highest BCUT2D eigenvalue weighted by molar-refractivity contribution is 5.33. The molecule has 0 radical (unpaired) electrons. The lowest BCUT2D eigenvalue weighted by atomic mass is 10.3. The number of methoxy groups -OCH3 is 2. The molecule has 0 aliphatic rings. The third kappa shape index (κ3) is 2.65. The smallest absolute Gasteiger partial charge is 0.162 e. The monoisotopic (exact) mass is 197 g/mol. The van der Waals surface area contributed by atoms with Crippen molar-refractivity contribution in [2.24, 2.45) is 0 Å². The number of ether oxygens (including phenoxy) is 2. The van der Waals surface area contributed by atoms with Crippen molar-refractivity contribution < 1.29 is 9.47 Å². The summed E-state index contributed by atoms with van der Waals surface area (Å²) in [6.45, 7) is 1.82. The van der Waals surface area contributed by atoms with Crippen LogP contribution in [-0.2, 0) is 15.9 Å². The first-order valence-electron chi connectivity index (χ1n) is 4.31. The first-order valence-corrected chi connectivity index (χ1v) is 4.31. The van der Waals surface area contributed by atoms with E-state index in [4.69, 9.17) is 15.2 Å². The Hall–Kier alpha value is -1.20. The Kier molecular flexibility index (Phi) is 3.79. The van der Waals surface area contributed by atoms with E-state index in [0.29, 0.717) is 12.2 Å². The normalized spacial score (nSPS) is 10.9. The molecular weight excluding hydrogens is 182 g/mol. The maximum absolute atomic E-state index is 5.62. The summed E-state index contributed by atoms with van der Waals surface area (Å²) >= 11 is 0. The summed E-state index contributed by atoms with van der Waals surface area (Å²) < 4.78 is 10.1. The molecule has 0 fully saturated rings. The van der Waals surface area contributed by atoms with Crippen molar-refractivity contribution in [2.75, 3.05) is 20.0 Å². The van der Waals surface area contributed by atoms with E-state index in [-0.39, 0.29) is 6.29 Å². The molecule has 0 atom stereocenters. The number of nitrogens with zero attached hydrogens (tertiary/aromatic N) is 2. The van der Waals surface area contributed by atoms with Gasteiger partial charge >= 0.3 is 0 Å². The van der Waals surface area contributed by atoms with Gasteiger partial charge in [-0.25, -0.2) is 4.98 Å². The number of aromatic nitrogens is 2. The largest absolute Gasteiger partial charge is 0.382 e. The van der Waals surface area contributed by atoms with Crippen molar-refractivity contribution >= 4 is 5.82 Å². The number of hydrogen-bond acceptors (Lipinski definition) is 5. The summed E-state index contributed by atoms with van der Waals surface area (Å²) in [6.07, 6.45) is 1.92.